The number of fused-ring (bicyclic) bond motifs is 1. The van der Waals surface area contributed by atoms with Crippen molar-refractivity contribution in [1.82, 2.24) is 14.8 Å². The van der Waals surface area contributed by atoms with Crippen LogP contribution in [0.25, 0.3) is 0 Å². The molecule has 7 nitrogen and oxygen atoms in total. The minimum atomic E-state index is -0.397. The quantitative estimate of drug-likeness (QED) is 0.673. The third kappa shape index (κ3) is 3.01. The highest BCUT2D eigenvalue weighted by Crippen LogP contribution is 2.16. The lowest BCUT2D eigenvalue weighted by molar-refractivity contribution is -0.384. The Kier molecular flexibility index (Phi) is 3.81. The predicted molar refractivity (Wildman–Crippen MR) is 78.3 cm³/mol. The first-order valence-electron chi connectivity index (χ1n) is 7.13. The van der Waals surface area contributed by atoms with Crippen LogP contribution in [0.3, 0.4) is 0 Å². The van der Waals surface area contributed by atoms with Crippen LogP contribution in [0.4, 0.5) is 11.4 Å². The van der Waals surface area contributed by atoms with E-state index in [0.717, 1.165) is 43.3 Å². The number of nitro groups is 1. The second-order valence-corrected chi connectivity index (χ2v) is 5.12. The molecule has 7 heteroatoms. The Morgan fingerprint density at radius 2 is 2.05 bits per heavy atom. The molecule has 0 aliphatic carbocycles. The number of non-ortho nitro benzene ring substituents is 1. The van der Waals surface area contributed by atoms with Crippen molar-refractivity contribution in [1.29, 1.82) is 0 Å². The molecule has 21 heavy (non-hydrogen) atoms. The minimum Gasteiger partial charge on any atom is -0.385 e. The van der Waals surface area contributed by atoms with E-state index in [9.17, 15) is 10.1 Å². The van der Waals surface area contributed by atoms with Crippen molar-refractivity contribution < 1.29 is 4.92 Å². The Hall–Kier alpha value is -2.44. The second kappa shape index (κ2) is 5.90. The molecule has 2 heterocycles. The van der Waals surface area contributed by atoms with Crippen molar-refractivity contribution in [3.8, 4) is 0 Å². The van der Waals surface area contributed by atoms with Gasteiger partial charge >= 0.3 is 0 Å². The molecule has 0 radical (unpaired) electrons. The molecule has 0 amide bonds. The molecular weight excluding hydrogens is 270 g/mol. The Balaban J connectivity index is 1.56. The van der Waals surface area contributed by atoms with Crippen molar-refractivity contribution in [2.75, 3.05) is 11.9 Å². The Morgan fingerprint density at radius 1 is 1.24 bits per heavy atom. The Labute approximate surface area is 122 Å². The van der Waals surface area contributed by atoms with E-state index >= 15 is 0 Å². The predicted octanol–water partition coefficient (Wildman–Crippen LogP) is 2.18. The first kappa shape index (κ1) is 13.5. The maximum atomic E-state index is 10.6. The van der Waals surface area contributed by atoms with Crippen molar-refractivity contribution in [3.63, 3.8) is 0 Å². The van der Waals surface area contributed by atoms with Crippen LogP contribution < -0.4 is 5.32 Å². The molecule has 1 N–H and O–H groups in total. The van der Waals surface area contributed by atoms with Gasteiger partial charge in [-0.1, -0.05) is 0 Å². The average molecular weight is 287 g/mol. The van der Waals surface area contributed by atoms with Crippen LogP contribution in [0.5, 0.6) is 0 Å². The van der Waals surface area contributed by atoms with Crippen molar-refractivity contribution in [2.24, 2.45) is 0 Å². The summed E-state index contributed by atoms with van der Waals surface area (Å²) in [6.45, 7) is 1.74. The lowest BCUT2D eigenvalue weighted by Crippen LogP contribution is -2.15. The number of anilines is 1. The molecule has 1 aliphatic rings. The van der Waals surface area contributed by atoms with Crippen LogP contribution >= 0.6 is 0 Å². The van der Waals surface area contributed by atoms with Gasteiger partial charge in [-0.25, -0.2) is 0 Å². The average Bonchev–Trinajstić information content (AvgIpc) is 2.91. The van der Waals surface area contributed by atoms with Crippen LogP contribution in [0.1, 0.15) is 24.5 Å². The fraction of sp³-hybridized carbons (Fsp3) is 0.429. The standard InChI is InChI=1S/C14H17N5O2/c20-19(21)12-6-4-11(5-7-12)15-9-8-14-17-16-13-3-1-2-10-18(13)14/h4-7,15H,1-3,8-10H2. The van der Waals surface area contributed by atoms with Crippen LogP contribution in [0, 0.1) is 10.1 Å². The van der Waals surface area contributed by atoms with Gasteiger partial charge in [0.25, 0.3) is 5.69 Å². The molecule has 0 unspecified atom stereocenters. The number of rotatable bonds is 5. The largest absolute Gasteiger partial charge is 0.385 e. The van der Waals surface area contributed by atoms with Gasteiger partial charge in [0.1, 0.15) is 11.6 Å². The highest BCUT2D eigenvalue weighted by atomic mass is 16.6. The summed E-state index contributed by atoms with van der Waals surface area (Å²) in [6, 6.07) is 6.44. The summed E-state index contributed by atoms with van der Waals surface area (Å²) in [5.41, 5.74) is 0.978. The molecule has 1 aromatic carbocycles. The van der Waals surface area contributed by atoms with E-state index in [4.69, 9.17) is 0 Å². The zero-order valence-corrected chi connectivity index (χ0v) is 11.7. The van der Waals surface area contributed by atoms with Gasteiger partial charge in [-0.05, 0) is 25.0 Å². The Morgan fingerprint density at radius 3 is 2.81 bits per heavy atom. The first-order chi connectivity index (χ1) is 10.2. The summed E-state index contributed by atoms with van der Waals surface area (Å²) < 4.78 is 2.21. The number of benzene rings is 1. The van der Waals surface area contributed by atoms with Gasteiger partial charge < -0.3 is 9.88 Å². The normalized spacial score (nSPS) is 13.7. The van der Waals surface area contributed by atoms with Gasteiger partial charge in [-0.2, -0.15) is 0 Å². The van der Waals surface area contributed by atoms with Crippen molar-refractivity contribution in [3.05, 3.63) is 46.0 Å². The molecule has 0 saturated carbocycles. The summed E-state index contributed by atoms with van der Waals surface area (Å²) >= 11 is 0. The van der Waals surface area contributed by atoms with Gasteiger partial charge in [0.05, 0.1) is 4.92 Å². The fourth-order valence-corrected chi connectivity index (χ4v) is 2.57. The molecule has 0 spiro atoms. The minimum absolute atomic E-state index is 0.104. The second-order valence-electron chi connectivity index (χ2n) is 5.12. The summed E-state index contributed by atoms with van der Waals surface area (Å²) in [5, 5.41) is 22.3. The van der Waals surface area contributed by atoms with Crippen LogP contribution in [0.15, 0.2) is 24.3 Å². The lowest BCUT2D eigenvalue weighted by atomic mass is 10.1. The lowest BCUT2D eigenvalue weighted by Gasteiger charge is -2.14. The van der Waals surface area contributed by atoms with Crippen molar-refractivity contribution >= 4 is 11.4 Å². The van der Waals surface area contributed by atoms with E-state index in [1.54, 1.807) is 12.1 Å². The maximum absolute atomic E-state index is 10.6. The van der Waals surface area contributed by atoms with E-state index in [-0.39, 0.29) is 5.69 Å². The topological polar surface area (TPSA) is 85.9 Å². The molecule has 1 aliphatic heterocycles. The van der Waals surface area contributed by atoms with E-state index < -0.39 is 4.92 Å². The molecule has 0 atom stereocenters. The third-order valence-electron chi connectivity index (χ3n) is 3.69. The number of hydrogen-bond donors (Lipinski definition) is 1. The van der Waals surface area contributed by atoms with Gasteiger partial charge in [0.2, 0.25) is 0 Å². The summed E-state index contributed by atoms with van der Waals surface area (Å²) in [6.07, 6.45) is 4.19. The number of hydrogen-bond acceptors (Lipinski definition) is 5. The molecule has 2 aromatic rings. The highest BCUT2D eigenvalue weighted by molar-refractivity contribution is 5.48. The molecule has 0 saturated heterocycles. The van der Waals surface area contributed by atoms with Gasteiger partial charge in [-0.15, -0.1) is 10.2 Å². The number of aryl methyl sites for hydroxylation is 1. The van der Waals surface area contributed by atoms with E-state index in [1.165, 1.54) is 25.0 Å². The summed E-state index contributed by atoms with van der Waals surface area (Å²) in [4.78, 5) is 10.2. The molecule has 110 valence electrons. The van der Waals surface area contributed by atoms with Crippen LogP contribution in [-0.4, -0.2) is 26.2 Å². The molecular formula is C14H17N5O2. The molecule has 0 fully saturated rings. The maximum Gasteiger partial charge on any atom is 0.269 e. The molecule has 1 aromatic heterocycles. The van der Waals surface area contributed by atoms with Gasteiger partial charge in [0.15, 0.2) is 0 Å². The number of nitrogens with zero attached hydrogens (tertiary/aromatic N) is 4. The summed E-state index contributed by atoms with van der Waals surface area (Å²) in [7, 11) is 0. The van der Waals surface area contributed by atoms with E-state index in [1.807, 2.05) is 0 Å². The number of nitro benzene ring substituents is 1. The van der Waals surface area contributed by atoms with Gasteiger partial charge in [-0.3, -0.25) is 10.1 Å². The third-order valence-corrected chi connectivity index (χ3v) is 3.69. The van der Waals surface area contributed by atoms with Crippen LogP contribution in [0.2, 0.25) is 0 Å². The first-order valence-corrected chi connectivity index (χ1v) is 7.13. The SMILES string of the molecule is O=[N+]([O-])c1ccc(NCCc2nnc3n2CCCC3)cc1. The number of aromatic nitrogens is 3. The monoisotopic (exact) mass is 287 g/mol. The van der Waals surface area contributed by atoms with Crippen LogP contribution in [-0.2, 0) is 19.4 Å². The van der Waals surface area contributed by atoms with E-state index in [2.05, 4.69) is 20.1 Å². The van der Waals surface area contributed by atoms with E-state index in [0.29, 0.717) is 0 Å². The van der Waals surface area contributed by atoms with Gasteiger partial charge in [0, 0.05) is 43.8 Å². The summed E-state index contributed by atoms with van der Waals surface area (Å²) in [5.74, 6) is 2.10. The highest BCUT2D eigenvalue weighted by Gasteiger charge is 2.15. The number of nitrogens with one attached hydrogen (secondary N) is 1. The fourth-order valence-electron chi connectivity index (χ4n) is 2.57. The smallest absolute Gasteiger partial charge is 0.269 e. The molecule has 3 rings (SSSR count). The van der Waals surface area contributed by atoms with Crippen molar-refractivity contribution in [2.45, 2.75) is 32.2 Å². The Bertz CT molecular complexity index is 635. The zero-order chi connectivity index (χ0) is 14.7. The molecule has 0 bridgehead atoms. The zero-order valence-electron chi connectivity index (χ0n) is 11.7.